The zero-order valence-electron chi connectivity index (χ0n) is 22.5. The molecule has 1 saturated carbocycles. The van der Waals surface area contributed by atoms with Crippen molar-refractivity contribution in [1.29, 1.82) is 0 Å². The van der Waals surface area contributed by atoms with Crippen molar-refractivity contribution >= 4 is 28.1 Å². The van der Waals surface area contributed by atoms with Gasteiger partial charge in [-0.05, 0) is 61.4 Å². The number of aromatic nitrogens is 3. The van der Waals surface area contributed by atoms with Crippen molar-refractivity contribution in [2.45, 2.75) is 44.2 Å². The molecule has 204 valence electrons. The van der Waals surface area contributed by atoms with Crippen molar-refractivity contribution in [2.24, 2.45) is 4.99 Å². The zero-order chi connectivity index (χ0) is 27.3. The summed E-state index contributed by atoms with van der Waals surface area (Å²) in [4.78, 5) is 14.7. The van der Waals surface area contributed by atoms with Gasteiger partial charge in [0.15, 0.2) is 6.86 Å². The molecule has 1 N–H and O–H groups in total. The molecule has 1 atom stereocenters. The number of para-hydroxylation sites is 2. The molecule has 0 amide bonds. The first kappa shape index (κ1) is 26.0. The van der Waals surface area contributed by atoms with E-state index in [0.29, 0.717) is 5.88 Å². The number of ether oxygens (including phenoxy) is 2. The molecule has 8 heteroatoms. The van der Waals surface area contributed by atoms with Crippen LogP contribution in [-0.2, 0) is 4.74 Å². The van der Waals surface area contributed by atoms with Gasteiger partial charge in [0.05, 0.1) is 52.7 Å². The molecule has 7 nitrogen and oxygen atoms in total. The minimum atomic E-state index is -0.863. The number of pyridine rings is 1. The van der Waals surface area contributed by atoms with Crippen LogP contribution in [0.5, 0.6) is 5.88 Å². The van der Waals surface area contributed by atoms with E-state index in [1.54, 1.807) is 13.3 Å². The van der Waals surface area contributed by atoms with E-state index in [1.165, 1.54) is 19.3 Å². The Bertz CT molecular complexity index is 1630. The fraction of sp³-hybridized carbons (Fsp3) is 0.281. The minimum Gasteiger partial charge on any atom is -0.480 e. The highest BCUT2D eigenvalue weighted by Crippen LogP contribution is 2.33. The monoisotopic (exact) mass is 537 g/mol. The minimum absolute atomic E-state index is 0.257. The van der Waals surface area contributed by atoms with Gasteiger partial charge in [0.2, 0.25) is 5.88 Å². The second kappa shape index (κ2) is 11.8. The third kappa shape index (κ3) is 5.40. The Kier molecular flexibility index (Phi) is 7.68. The molecule has 0 saturated heterocycles. The number of rotatable bonds is 7. The molecule has 0 bridgehead atoms. The summed E-state index contributed by atoms with van der Waals surface area (Å²) in [6.07, 6.45) is 16.6. The van der Waals surface area contributed by atoms with Crippen molar-refractivity contribution in [3.8, 4) is 17.3 Å². The Hall–Kier alpha value is -4.30. The second-order valence-corrected chi connectivity index (χ2v) is 9.98. The number of halogens is 1. The van der Waals surface area contributed by atoms with Gasteiger partial charge in [-0.15, -0.1) is 0 Å². The van der Waals surface area contributed by atoms with Gasteiger partial charge in [0.1, 0.15) is 5.69 Å². The number of fused-ring (bicyclic) bond motifs is 2. The molecule has 4 aliphatic rings. The summed E-state index contributed by atoms with van der Waals surface area (Å²) in [5.41, 5.74) is 5.92. The average molecular weight is 538 g/mol. The van der Waals surface area contributed by atoms with Crippen LogP contribution in [0.3, 0.4) is 0 Å². The van der Waals surface area contributed by atoms with Crippen LogP contribution in [0, 0.1) is 0 Å². The number of methoxy groups -OCH3 is 1. The highest BCUT2D eigenvalue weighted by molar-refractivity contribution is 5.87. The maximum Gasteiger partial charge on any atom is 0.237 e. The van der Waals surface area contributed by atoms with E-state index in [-0.39, 0.29) is 6.04 Å². The quantitative estimate of drug-likeness (QED) is 0.263. The lowest BCUT2D eigenvalue weighted by atomic mass is 9.96. The van der Waals surface area contributed by atoms with Gasteiger partial charge in [-0.25, -0.2) is 14.4 Å². The van der Waals surface area contributed by atoms with Gasteiger partial charge >= 0.3 is 0 Å². The Morgan fingerprint density at radius 3 is 2.77 bits per heavy atom. The number of nitrogens with one attached hydrogen (secondary N) is 1. The maximum atomic E-state index is 13.1. The van der Waals surface area contributed by atoms with Crippen LogP contribution in [-0.4, -0.2) is 40.7 Å². The van der Waals surface area contributed by atoms with Crippen LogP contribution in [0.2, 0.25) is 0 Å². The largest absolute Gasteiger partial charge is 0.480 e. The molecule has 0 spiro atoms. The third-order valence-corrected chi connectivity index (χ3v) is 7.36. The molecule has 0 radical (unpaired) electrons. The lowest BCUT2D eigenvalue weighted by Crippen LogP contribution is -2.20. The van der Waals surface area contributed by atoms with Gasteiger partial charge in [0, 0.05) is 11.9 Å². The van der Waals surface area contributed by atoms with Crippen LogP contribution in [0.1, 0.15) is 32.1 Å². The molecule has 1 aromatic heterocycles. The summed E-state index contributed by atoms with van der Waals surface area (Å²) in [6, 6.07) is 16.2. The molecule has 1 unspecified atom stereocenters. The number of anilines is 2. The molecule has 6 rings (SSSR count). The second-order valence-electron chi connectivity index (χ2n) is 9.98. The first-order chi connectivity index (χ1) is 19.7. The van der Waals surface area contributed by atoms with Crippen molar-refractivity contribution in [3.05, 3.63) is 90.5 Å². The standard InChI is InChI=1S/C32H32FN5O2/c1-39-32-26(15-9-17-34-32)37-27-19-29-31(20-28(27)35-22-10-3-2-4-11-22)38(30-16-8-7-14-25(30)36-29)23-12-5-6-13-24(18-23)40-21-33/h5-9,12-20,22,24,37H,2-4,10-11,21H2,1H3. The predicted octanol–water partition coefficient (Wildman–Crippen LogP) is 6.80. The molecule has 1 aliphatic heterocycles. The van der Waals surface area contributed by atoms with E-state index in [0.717, 1.165) is 57.7 Å². The van der Waals surface area contributed by atoms with E-state index in [9.17, 15) is 4.39 Å². The molecule has 40 heavy (non-hydrogen) atoms. The number of alkyl halides is 1. The lowest BCUT2D eigenvalue weighted by Gasteiger charge is -2.22. The molecule has 2 heterocycles. The van der Waals surface area contributed by atoms with Gasteiger partial charge in [0.25, 0.3) is 0 Å². The van der Waals surface area contributed by atoms with E-state index < -0.39 is 13.0 Å². The van der Waals surface area contributed by atoms with Crippen LogP contribution >= 0.6 is 0 Å². The summed E-state index contributed by atoms with van der Waals surface area (Å²) in [6.45, 7) is -0.863. The Labute approximate surface area is 232 Å². The summed E-state index contributed by atoms with van der Waals surface area (Å²) < 4.78 is 26.1. The van der Waals surface area contributed by atoms with Crippen LogP contribution in [0.25, 0.3) is 28.1 Å². The summed E-state index contributed by atoms with van der Waals surface area (Å²) in [5.74, 6) is 0.507. The van der Waals surface area contributed by atoms with Crippen molar-refractivity contribution in [3.63, 3.8) is 0 Å². The maximum absolute atomic E-state index is 13.1. The van der Waals surface area contributed by atoms with Crippen molar-refractivity contribution in [1.82, 2.24) is 14.5 Å². The highest BCUT2D eigenvalue weighted by Gasteiger charge is 2.20. The SMILES string of the molecule is COc1ncccc1Nc1cc2nc3ccccc3n(C3=CC(OCF)C=CC=C3)c-2cc1=NC1CCCCC1. The fourth-order valence-corrected chi connectivity index (χ4v) is 5.46. The van der Waals surface area contributed by atoms with E-state index >= 15 is 0 Å². The normalized spacial score (nSPS) is 18.2. The number of benzene rings is 2. The molecular formula is C32H32FN5O2. The van der Waals surface area contributed by atoms with E-state index in [1.807, 2.05) is 72.8 Å². The van der Waals surface area contributed by atoms with Gasteiger partial charge in [-0.3, -0.25) is 4.99 Å². The third-order valence-electron chi connectivity index (χ3n) is 7.36. The topological polar surface area (TPSA) is 73.6 Å². The first-order valence-corrected chi connectivity index (χ1v) is 13.7. The average Bonchev–Trinajstić information content (AvgIpc) is 3.23. The Morgan fingerprint density at radius 1 is 1.05 bits per heavy atom. The zero-order valence-corrected chi connectivity index (χ0v) is 22.5. The molecule has 3 aliphatic carbocycles. The lowest BCUT2D eigenvalue weighted by molar-refractivity contribution is 0.0428. The van der Waals surface area contributed by atoms with Gasteiger partial charge in [-0.2, -0.15) is 0 Å². The van der Waals surface area contributed by atoms with Crippen molar-refractivity contribution in [2.75, 3.05) is 19.3 Å². The first-order valence-electron chi connectivity index (χ1n) is 13.7. The van der Waals surface area contributed by atoms with Gasteiger partial charge in [-0.1, -0.05) is 49.6 Å². The van der Waals surface area contributed by atoms with Crippen LogP contribution in [0.4, 0.5) is 15.8 Å². The predicted molar refractivity (Wildman–Crippen MR) is 156 cm³/mol. The fourth-order valence-electron chi connectivity index (χ4n) is 5.46. The molecule has 1 fully saturated rings. The number of nitrogens with zero attached hydrogens (tertiary/aromatic N) is 4. The summed E-state index contributed by atoms with van der Waals surface area (Å²) >= 11 is 0. The van der Waals surface area contributed by atoms with E-state index in [2.05, 4.69) is 20.9 Å². The number of allylic oxidation sites excluding steroid dienone is 4. The summed E-state index contributed by atoms with van der Waals surface area (Å²) in [5, 5.41) is 4.37. The Morgan fingerprint density at radius 2 is 1.93 bits per heavy atom. The molecule has 2 aromatic rings. The number of hydrogen-bond acceptors (Lipinski definition) is 6. The van der Waals surface area contributed by atoms with Crippen LogP contribution in [0.15, 0.2) is 90.1 Å². The molecular weight excluding hydrogens is 505 g/mol. The van der Waals surface area contributed by atoms with E-state index in [4.69, 9.17) is 19.5 Å². The number of hydrogen-bond donors (Lipinski definition) is 1. The Balaban J connectivity index is 1.60. The van der Waals surface area contributed by atoms with Crippen LogP contribution < -0.4 is 15.4 Å². The molecule has 1 aromatic carbocycles. The highest BCUT2D eigenvalue weighted by atomic mass is 19.1. The van der Waals surface area contributed by atoms with Gasteiger partial charge < -0.3 is 19.4 Å². The van der Waals surface area contributed by atoms with Crippen molar-refractivity contribution < 1.29 is 13.9 Å². The summed E-state index contributed by atoms with van der Waals surface area (Å²) in [7, 11) is 1.61. The smallest absolute Gasteiger partial charge is 0.237 e.